The van der Waals surface area contributed by atoms with Gasteiger partial charge in [-0.1, -0.05) is 12.1 Å². The molecule has 4 heterocycles. The number of carboxylic acid groups (broad SMARTS) is 1. The van der Waals surface area contributed by atoms with Gasteiger partial charge in [-0.2, -0.15) is 0 Å². The van der Waals surface area contributed by atoms with E-state index in [-0.39, 0.29) is 31.7 Å². The number of benzene rings is 1. The van der Waals surface area contributed by atoms with E-state index in [0.29, 0.717) is 40.6 Å². The fraction of sp³-hybridized carbons (Fsp3) is 0.517. The number of halogens is 3. The van der Waals surface area contributed by atoms with E-state index in [4.69, 9.17) is 9.73 Å². The second-order valence-corrected chi connectivity index (χ2v) is 12.1. The van der Waals surface area contributed by atoms with Crippen molar-refractivity contribution in [3.8, 4) is 0 Å². The number of aliphatic carboxylic acids is 1. The minimum absolute atomic E-state index is 0.0132. The highest BCUT2D eigenvalue weighted by Crippen LogP contribution is 2.43. The monoisotopic (exact) mass is 621 g/mol. The number of nitrogens with zero attached hydrogens (tertiary/aromatic N) is 4. The molecule has 43 heavy (non-hydrogen) atoms. The molecule has 0 bridgehead atoms. The van der Waals surface area contributed by atoms with Gasteiger partial charge in [0.05, 0.1) is 24.8 Å². The number of aromatic nitrogens is 1. The second kappa shape index (κ2) is 12.0. The summed E-state index contributed by atoms with van der Waals surface area (Å²) >= 11 is 1.30. The zero-order valence-corrected chi connectivity index (χ0v) is 24.8. The number of thiazole rings is 1. The van der Waals surface area contributed by atoms with E-state index >= 15 is 8.78 Å². The molecule has 3 aliphatic rings. The third-order valence-electron chi connectivity index (χ3n) is 8.35. The number of rotatable bonds is 10. The molecule has 2 fully saturated rings. The van der Waals surface area contributed by atoms with E-state index in [1.54, 1.807) is 41.3 Å². The van der Waals surface area contributed by atoms with Crippen LogP contribution >= 0.6 is 11.3 Å². The molecule has 0 saturated carbocycles. The fourth-order valence-corrected chi connectivity index (χ4v) is 6.70. The quantitative estimate of drug-likeness (QED) is 0.343. The van der Waals surface area contributed by atoms with Crippen molar-refractivity contribution in [2.75, 3.05) is 32.8 Å². The highest BCUT2D eigenvalue weighted by Gasteiger charge is 2.59. The van der Waals surface area contributed by atoms with Gasteiger partial charge in [-0.3, -0.25) is 14.8 Å². The number of ether oxygens (including phenoxy) is 1. The van der Waals surface area contributed by atoms with Gasteiger partial charge in [-0.05, 0) is 50.8 Å². The van der Waals surface area contributed by atoms with Crippen molar-refractivity contribution in [3.05, 3.63) is 63.0 Å². The van der Waals surface area contributed by atoms with Crippen molar-refractivity contribution in [2.45, 2.75) is 63.3 Å². The zero-order valence-electron chi connectivity index (χ0n) is 24.0. The molecular weight excluding hydrogens is 587 g/mol. The first kappa shape index (κ1) is 31.1. The van der Waals surface area contributed by atoms with Gasteiger partial charge in [0.2, 0.25) is 0 Å². The van der Waals surface area contributed by atoms with E-state index in [2.05, 4.69) is 10.3 Å². The van der Waals surface area contributed by atoms with Gasteiger partial charge in [0.25, 0.3) is 5.92 Å². The molecule has 2 aromatic rings. The molecule has 2 saturated heterocycles. The molecule has 10 nitrogen and oxygen atoms in total. The number of aliphatic hydroxyl groups is 1. The van der Waals surface area contributed by atoms with Gasteiger partial charge in [-0.25, -0.2) is 27.7 Å². The number of alkyl halides is 2. The normalized spacial score (nSPS) is 25.2. The lowest BCUT2D eigenvalue weighted by molar-refractivity contribution is -0.157. The third kappa shape index (κ3) is 6.06. The smallest absolute Gasteiger partial charge is 0.338 e. The van der Waals surface area contributed by atoms with Crippen molar-refractivity contribution in [1.82, 2.24) is 20.1 Å². The number of carbonyl (C=O) groups excluding carboxylic acids is 1. The van der Waals surface area contributed by atoms with Crippen molar-refractivity contribution in [2.24, 2.45) is 4.99 Å². The molecule has 5 rings (SSSR count). The summed E-state index contributed by atoms with van der Waals surface area (Å²) in [6.07, 6.45) is 1.78. The van der Waals surface area contributed by atoms with Crippen LogP contribution in [0.25, 0.3) is 0 Å². The Hall–Kier alpha value is -3.33. The van der Waals surface area contributed by atoms with E-state index < -0.39 is 53.9 Å². The summed E-state index contributed by atoms with van der Waals surface area (Å²) in [7, 11) is 0. The number of fused-ring (bicyclic) bond motifs is 1. The van der Waals surface area contributed by atoms with E-state index in [1.165, 1.54) is 23.5 Å². The molecule has 4 atom stereocenters. The summed E-state index contributed by atoms with van der Waals surface area (Å²) in [5, 5.41) is 24.8. The first-order valence-corrected chi connectivity index (χ1v) is 14.9. The second-order valence-electron chi connectivity index (χ2n) is 11.2. The van der Waals surface area contributed by atoms with Gasteiger partial charge in [-0.15, -0.1) is 11.3 Å². The van der Waals surface area contributed by atoms with Crippen LogP contribution in [0.1, 0.15) is 48.9 Å². The van der Waals surface area contributed by atoms with Crippen LogP contribution in [0.3, 0.4) is 0 Å². The molecule has 14 heteroatoms. The maximum absolute atomic E-state index is 15.6. The number of likely N-dealkylation sites (tertiary alicyclic amines) is 2. The summed E-state index contributed by atoms with van der Waals surface area (Å²) in [5.74, 6) is -5.38. The SMILES string of the molecule is CCOC(=O)C1=C(CN2CC(F)(F)[C@H]3[C@@H]2CCN3CC[C@](C)(O)C(=O)O)NC(c2nccs2)=N[C@H]1c1cccc(F)c1C. The Morgan fingerprint density at radius 3 is 2.74 bits per heavy atom. The van der Waals surface area contributed by atoms with Crippen LogP contribution in [0.5, 0.6) is 0 Å². The molecule has 3 N–H and O–H groups in total. The lowest BCUT2D eigenvalue weighted by Crippen LogP contribution is -2.48. The van der Waals surface area contributed by atoms with Gasteiger partial charge in [0.1, 0.15) is 11.9 Å². The molecule has 1 aromatic carbocycles. The first-order chi connectivity index (χ1) is 20.3. The number of carbonyl (C=O) groups is 2. The van der Waals surface area contributed by atoms with Crippen LogP contribution in [0.15, 0.2) is 46.0 Å². The molecule has 1 aromatic heterocycles. The lowest BCUT2D eigenvalue weighted by Gasteiger charge is -2.31. The summed E-state index contributed by atoms with van der Waals surface area (Å²) in [5.41, 5.74) is -0.870. The minimum Gasteiger partial charge on any atom is -0.479 e. The Kier molecular flexibility index (Phi) is 8.67. The van der Waals surface area contributed by atoms with E-state index in [1.807, 2.05) is 0 Å². The molecule has 0 spiro atoms. The van der Waals surface area contributed by atoms with Crippen molar-refractivity contribution >= 4 is 29.1 Å². The van der Waals surface area contributed by atoms with Gasteiger partial charge in [0, 0.05) is 43.0 Å². The van der Waals surface area contributed by atoms with Crippen molar-refractivity contribution in [3.63, 3.8) is 0 Å². The number of nitrogens with one attached hydrogen (secondary N) is 1. The minimum atomic E-state index is -3.14. The summed E-state index contributed by atoms with van der Waals surface area (Å²) in [6, 6.07) is 1.76. The summed E-state index contributed by atoms with van der Waals surface area (Å²) in [6.45, 7) is 4.08. The number of esters is 1. The van der Waals surface area contributed by atoms with Crippen LogP contribution in [0, 0.1) is 12.7 Å². The van der Waals surface area contributed by atoms with Crippen molar-refractivity contribution in [1.29, 1.82) is 0 Å². The van der Waals surface area contributed by atoms with Gasteiger partial charge >= 0.3 is 11.9 Å². The Balaban J connectivity index is 1.51. The largest absolute Gasteiger partial charge is 0.479 e. The Bertz CT molecular complexity index is 1450. The molecule has 0 amide bonds. The highest BCUT2D eigenvalue weighted by atomic mass is 32.1. The van der Waals surface area contributed by atoms with Crippen LogP contribution in [0.4, 0.5) is 13.2 Å². The van der Waals surface area contributed by atoms with Crippen molar-refractivity contribution < 1.29 is 37.7 Å². The molecule has 0 unspecified atom stereocenters. The molecule has 0 aliphatic carbocycles. The number of aliphatic imine (C=N–C) groups is 1. The van der Waals surface area contributed by atoms with Crippen LogP contribution in [-0.2, 0) is 14.3 Å². The number of carboxylic acids is 1. The average molecular weight is 622 g/mol. The van der Waals surface area contributed by atoms with Crippen LogP contribution < -0.4 is 5.32 Å². The molecule has 0 radical (unpaired) electrons. The van der Waals surface area contributed by atoms with Crippen LogP contribution in [-0.4, -0.2) is 99.2 Å². The number of hydrogen-bond donors (Lipinski definition) is 3. The molecule has 3 aliphatic heterocycles. The Morgan fingerprint density at radius 2 is 2.07 bits per heavy atom. The third-order valence-corrected chi connectivity index (χ3v) is 9.13. The summed E-state index contributed by atoms with van der Waals surface area (Å²) < 4.78 is 51.3. The Labute approximate surface area is 250 Å². The number of amidine groups is 1. The molecular formula is C29H34F3N5O5S. The fourth-order valence-electron chi connectivity index (χ4n) is 6.11. The van der Waals surface area contributed by atoms with E-state index in [9.17, 15) is 24.2 Å². The maximum atomic E-state index is 15.6. The Morgan fingerprint density at radius 1 is 1.30 bits per heavy atom. The van der Waals surface area contributed by atoms with Gasteiger partial charge in [0.15, 0.2) is 16.4 Å². The lowest BCUT2D eigenvalue weighted by atomic mass is 9.92. The zero-order chi connectivity index (χ0) is 31.1. The predicted molar refractivity (Wildman–Crippen MR) is 152 cm³/mol. The van der Waals surface area contributed by atoms with Crippen LogP contribution in [0.2, 0.25) is 0 Å². The number of hydrogen-bond acceptors (Lipinski definition) is 10. The topological polar surface area (TPSA) is 128 Å². The predicted octanol–water partition coefficient (Wildman–Crippen LogP) is 3.12. The van der Waals surface area contributed by atoms with Gasteiger partial charge < -0.3 is 20.3 Å². The average Bonchev–Trinajstić information content (AvgIpc) is 3.68. The highest BCUT2D eigenvalue weighted by molar-refractivity contribution is 7.11. The summed E-state index contributed by atoms with van der Waals surface area (Å²) in [4.78, 5) is 37.1. The standard InChI is InChI=1S/C29H34F3N5O5S/c1-4-42-26(38)21-19(34-24(25-33-10-13-43-25)35-22(21)17-6-5-7-18(30)16(17)2)14-37-15-29(31,32)23-20(37)8-11-36(23)12-9-28(3,41)27(39)40/h5-7,10,13,20,22-23,41H,4,8-9,11-12,14-15H2,1-3H3,(H,34,35)(H,39,40)/t20-,22-,23+,28-/m0/s1. The van der Waals surface area contributed by atoms with E-state index in [0.717, 1.165) is 6.92 Å². The first-order valence-electron chi connectivity index (χ1n) is 14.1. The molecule has 232 valence electrons. The maximum Gasteiger partial charge on any atom is 0.338 e.